The van der Waals surface area contributed by atoms with Gasteiger partial charge >= 0.3 is 0 Å². The average Bonchev–Trinajstić information content (AvgIpc) is 2.35. The second kappa shape index (κ2) is 5.79. The lowest BCUT2D eigenvalue weighted by molar-refractivity contribution is 1.04. The van der Waals surface area contributed by atoms with Crippen LogP contribution >= 0.6 is 15.9 Å². The Kier molecular flexibility index (Phi) is 4.11. The van der Waals surface area contributed by atoms with Crippen molar-refractivity contribution < 1.29 is 0 Å². The number of aromatic amines is 1. The number of hydrazone groups is 1. The first-order chi connectivity index (χ1) is 9.04. The first-order valence-corrected chi connectivity index (χ1v) is 6.48. The van der Waals surface area contributed by atoms with Gasteiger partial charge in [0.05, 0.1) is 5.71 Å². The third kappa shape index (κ3) is 3.75. The Morgan fingerprint density at radius 3 is 2.89 bits per heavy atom. The summed E-state index contributed by atoms with van der Waals surface area (Å²) in [4.78, 5) is 18.0. The van der Waals surface area contributed by atoms with Crippen LogP contribution in [0.4, 0.5) is 5.95 Å². The molecule has 1 aromatic heterocycles. The highest BCUT2D eigenvalue weighted by molar-refractivity contribution is 9.10. The van der Waals surface area contributed by atoms with E-state index < -0.39 is 0 Å². The average molecular weight is 321 g/mol. The van der Waals surface area contributed by atoms with E-state index in [4.69, 9.17) is 0 Å². The van der Waals surface area contributed by atoms with Crippen molar-refractivity contribution in [2.75, 3.05) is 5.43 Å². The van der Waals surface area contributed by atoms with Crippen LogP contribution in [0, 0.1) is 6.92 Å². The van der Waals surface area contributed by atoms with Gasteiger partial charge in [0.15, 0.2) is 0 Å². The van der Waals surface area contributed by atoms with Gasteiger partial charge in [0, 0.05) is 16.2 Å². The van der Waals surface area contributed by atoms with E-state index in [1.54, 1.807) is 6.92 Å². The Labute approximate surface area is 118 Å². The van der Waals surface area contributed by atoms with Gasteiger partial charge in [-0.3, -0.25) is 9.78 Å². The van der Waals surface area contributed by atoms with Gasteiger partial charge in [-0.1, -0.05) is 28.1 Å². The number of benzene rings is 1. The monoisotopic (exact) mass is 320 g/mol. The highest BCUT2D eigenvalue weighted by Crippen LogP contribution is 2.12. The molecular weight excluding hydrogens is 308 g/mol. The molecule has 0 atom stereocenters. The van der Waals surface area contributed by atoms with Crippen molar-refractivity contribution in [2.45, 2.75) is 13.8 Å². The van der Waals surface area contributed by atoms with E-state index in [1.807, 2.05) is 31.2 Å². The molecule has 5 nitrogen and oxygen atoms in total. The third-order valence-electron chi connectivity index (χ3n) is 2.44. The SMILES string of the molecule is C/C(=N\Nc1nc(C)cc(=O)[nH]1)c1cccc(Br)c1. The van der Waals surface area contributed by atoms with Gasteiger partial charge in [-0.2, -0.15) is 5.10 Å². The van der Waals surface area contributed by atoms with Gasteiger partial charge in [-0.25, -0.2) is 10.4 Å². The van der Waals surface area contributed by atoms with Crippen LogP contribution in [-0.4, -0.2) is 15.7 Å². The fourth-order valence-corrected chi connectivity index (χ4v) is 1.95. The Bertz CT molecular complexity index is 678. The molecule has 2 rings (SSSR count). The number of halogens is 1. The number of hydrogen-bond acceptors (Lipinski definition) is 4. The van der Waals surface area contributed by atoms with Crippen molar-refractivity contribution in [1.82, 2.24) is 9.97 Å². The van der Waals surface area contributed by atoms with E-state index in [1.165, 1.54) is 6.07 Å². The molecule has 2 aromatic rings. The number of aromatic nitrogens is 2. The molecular formula is C13H13BrN4O. The highest BCUT2D eigenvalue weighted by Gasteiger charge is 1.99. The highest BCUT2D eigenvalue weighted by atomic mass is 79.9. The quantitative estimate of drug-likeness (QED) is 0.674. The van der Waals surface area contributed by atoms with Crippen molar-refractivity contribution in [2.24, 2.45) is 5.10 Å². The number of hydrogen-bond donors (Lipinski definition) is 2. The maximum atomic E-state index is 11.3. The van der Waals surface area contributed by atoms with Crippen LogP contribution in [0.15, 0.2) is 44.7 Å². The predicted molar refractivity (Wildman–Crippen MR) is 79.6 cm³/mol. The van der Waals surface area contributed by atoms with Gasteiger partial charge in [0.2, 0.25) is 5.95 Å². The minimum absolute atomic E-state index is 0.203. The van der Waals surface area contributed by atoms with E-state index >= 15 is 0 Å². The van der Waals surface area contributed by atoms with Crippen LogP contribution in [0.25, 0.3) is 0 Å². The predicted octanol–water partition coefficient (Wildman–Crippen LogP) is 2.68. The first-order valence-electron chi connectivity index (χ1n) is 5.69. The summed E-state index contributed by atoms with van der Waals surface area (Å²) in [5, 5.41) is 4.20. The summed E-state index contributed by atoms with van der Waals surface area (Å²) in [6.45, 7) is 3.63. The molecule has 0 aliphatic rings. The van der Waals surface area contributed by atoms with Gasteiger partial charge in [0.25, 0.3) is 5.56 Å². The molecule has 0 saturated heterocycles. The minimum atomic E-state index is -0.203. The molecule has 0 radical (unpaired) electrons. The second-order valence-electron chi connectivity index (χ2n) is 4.05. The Morgan fingerprint density at radius 2 is 2.21 bits per heavy atom. The standard InChI is InChI=1S/C13H13BrN4O/c1-8-6-12(19)16-13(15-8)18-17-9(2)10-4-3-5-11(14)7-10/h3-7H,1-2H3,(H2,15,16,18,19)/b17-9+. The molecule has 0 spiro atoms. The van der Waals surface area contributed by atoms with Crippen LogP contribution in [0.5, 0.6) is 0 Å². The normalized spacial score (nSPS) is 11.4. The summed E-state index contributed by atoms with van der Waals surface area (Å²) in [6.07, 6.45) is 0. The summed E-state index contributed by atoms with van der Waals surface area (Å²) in [6, 6.07) is 9.23. The number of rotatable bonds is 3. The topological polar surface area (TPSA) is 70.1 Å². The molecule has 0 fully saturated rings. The second-order valence-corrected chi connectivity index (χ2v) is 4.97. The lowest BCUT2D eigenvalue weighted by Crippen LogP contribution is -2.11. The Morgan fingerprint density at radius 1 is 1.42 bits per heavy atom. The third-order valence-corrected chi connectivity index (χ3v) is 2.93. The molecule has 0 aliphatic heterocycles. The van der Waals surface area contributed by atoms with Gasteiger partial charge in [0.1, 0.15) is 0 Å². The van der Waals surface area contributed by atoms with E-state index in [2.05, 4.69) is 36.4 Å². The van der Waals surface area contributed by atoms with Crippen LogP contribution in [-0.2, 0) is 0 Å². The van der Waals surface area contributed by atoms with Crippen LogP contribution < -0.4 is 11.0 Å². The molecule has 0 bridgehead atoms. The lowest BCUT2D eigenvalue weighted by Gasteiger charge is -2.03. The molecule has 2 N–H and O–H groups in total. The van der Waals surface area contributed by atoms with Crippen LogP contribution in [0.2, 0.25) is 0 Å². The number of H-pyrrole nitrogens is 1. The van der Waals surface area contributed by atoms with Gasteiger partial charge < -0.3 is 0 Å². The minimum Gasteiger partial charge on any atom is -0.291 e. The van der Waals surface area contributed by atoms with Crippen molar-refractivity contribution in [3.63, 3.8) is 0 Å². The largest absolute Gasteiger partial charge is 0.291 e. The summed E-state index contributed by atoms with van der Waals surface area (Å²) in [5.41, 5.74) is 4.97. The van der Waals surface area contributed by atoms with Gasteiger partial charge in [-0.05, 0) is 31.5 Å². The zero-order valence-corrected chi connectivity index (χ0v) is 12.2. The summed E-state index contributed by atoms with van der Waals surface area (Å²) < 4.78 is 0.988. The molecule has 0 unspecified atom stereocenters. The number of nitrogens with zero attached hydrogens (tertiary/aromatic N) is 2. The van der Waals surface area contributed by atoms with Crippen LogP contribution in [0.1, 0.15) is 18.2 Å². The molecule has 0 amide bonds. The number of anilines is 1. The molecule has 98 valence electrons. The molecule has 6 heteroatoms. The summed E-state index contributed by atoms with van der Waals surface area (Å²) >= 11 is 3.41. The van der Waals surface area contributed by atoms with Crippen molar-refractivity contribution in [3.05, 3.63) is 56.4 Å². The summed E-state index contributed by atoms with van der Waals surface area (Å²) in [7, 11) is 0. The van der Waals surface area contributed by atoms with Crippen molar-refractivity contribution in [3.8, 4) is 0 Å². The summed E-state index contributed by atoms with van der Waals surface area (Å²) in [5.74, 6) is 0.333. The molecule has 1 heterocycles. The zero-order chi connectivity index (χ0) is 13.8. The molecule has 1 aromatic carbocycles. The molecule has 0 aliphatic carbocycles. The molecule has 0 saturated carbocycles. The first kappa shape index (κ1) is 13.5. The Balaban J connectivity index is 2.20. The lowest BCUT2D eigenvalue weighted by atomic mass is 10.1. The van der Waals surface area contributed by atoms with E-state index in [-0.39, 0.29) is 5.56 Å². The van der Waals surface area contributed by atoms with E-state index in [0.717, 1.165) is 15.7 Å². The maximum absolute atomic E-state index is 11.3. The zero-order valence-electron chi connectivity index (χ0n) is 10.6. The van der Waals surface area contributed by atoms with Crippen molar-refractivity contribution >= 4 is 27.6 Å². The Hall–Kier alpha value is -1.95. The number of aryl methyl sites for hydroxylation is 1. The maximum Gasteiger partial charge on any atom is 0.252 e. The number of nitrogens with one attached hydrogen (secondary N) is 2. The van der Waals surface area contributed by atoms with E-state index in [9.17, 15) is 4.79 Å². The van der Waals surface area contributed by atoms with E-state index in [0.29, 0.717) is 11.6 Å². The molecule has 19 heavy (non-hydrogen) atoms. The fourth-order valence-electron chi connectivity index (χ4n) is 1.55. The smallest absolute Gasteiger partial charge is 0.252 e. The fraction of sp³-hybridized carbons (Fsp3) is 0.154. The van der Waals surface area contributed by atoms with Crippen molar-refractivity contribution in [1.29, 1.82) is 0 Å². The van der Waals surface area contributed by atoms with Crippen LogP contribution in [0.3, 0.4) is 0 Å². The van der Waals surface area contributed by atoms with Gasteiger partial charge in [-0.15, -0.1) is 0 Å².